The van der Waals surface area contributed by atoms with Gasteiger partial charge in [0.15, 0.2) is 0 Å². The first-order chi connectivity index (χ1) is 7.56. The lowest BCUT2D eigenvalue weighted by Crippen LogP contribution is -2.38. The molecule has 1 aromatic rings. The van der Waals surface area contributed by atoms with Crippen molar-refractivity contribution in [2.24, 2.45) is 0 Å². The molecule has 2 nitrogen and oxygen atoms in total. The minimum atomic E-state index is 0.000267. The molecule has 1 fully saturated rings. The van der Waals surface area contributed by atoms with E-state index >= 15 is 0 Å². The van der Waals surface area contributed by atoms with E-state index in [2.05, 4.69) is 37.2 Å². The second-order valence-electron chi connectivity index (χ2n) is 4.35. The Morgan fingerprint density at radius 3 is 2.75 bits per heavy atom. The van der Waals surface area contributed by atoms with Crippen LogP contribution in [-0.2, 0) is 0 Å². The van der Waals surface area contributed by atoms with E-state index in [1.54, 1.807) is 0 Å². The zero-order valence-corrected chi connectivity index (χ0v) is 12.2. The maximum Gasteiger partial charge on any atom is 0.252 e. The molecular formula is C12H13Br2NO. The summed E-state index contributed by atoms with van der Waals surface area (Å²) in [5.74, 6) is 0.00697. The Balaban J connectivity index is 2.17. The molecule has 1 amide bonds. The van der Waals surface area contributed by atoms with Gasteiger partial charge in [-0.3, -0.25) is 4.79 Å². The van der Waals surface area contributed by atoms with Crippen LogP contribution < -0.4 is 5.32 Å². The van der Waals surface area contributed by atoms with Crippen LogP contribution in [0.4, 0.5) is 0 Å². The van der Waals surface area contributed by atoms with Crippen LogP contribution in [0.5, 0.6) is 0 Å². The van der Waals surface area contributed by atoms with Gasteiger partial charge in [-0.1, -0.05) is 27.6 Å². The largest absolute Gasteiger partial charge is 0.346 e. The molecule has 0 spiro atoms. The fourth-order valence-electron chi connectivity index (χ4n) is 1.56. The minimum Gasteiger partial charge on any atom is -0.346 e. The van der Waals surface area contributed by atoms with Gasteiger partial charge in [0.2, 0.25) is 0 Å². The van der Waals surface area contributed by atoms with Gasteiger partial charge in [-0.2, -0.15) is 0 Å². The van der Waals surface area contributed by atoms with E-state index in [1.165, 1.54) is 0 Å². The molecule has 0 heterocycles. The predicted molar refractivity (Wildman–Crippen MR) is 72.1 cm³/mol. The molecule has 0 bridgehead atoms. The van der Waals surface area contributed by atoms with Gasteiger partial charge in [-0.05, 0) is 47.8 Å². The summed E-state index contributed by atoms with van der Waals surface area (Å²) in [5, 5.41) is 3.91. The van der Waals surface area contributed by atoms with Crippen LogP contribution >= 0.6 is 31.9 Å². The molecule has 16 heavy (non-hydrogen) atoms. The molecule has 0 aromatic heterocycles. The van der Waals surface area contributed by atoms with Gasteiger partial charge < -0.3 is 5.32 Å². The predicted octanol–water partition coefficient (Wildman–Crippen LogP) is 3.41. The average Bonchev–Trinajstić information content (AvgIpc) is 3.02. The Morgan fingerprint density at radius 1 is 1.50 bits per heavy atom. The Kier molecular flexibility index (Phi) is 3.40. The maximum atomic E-state index is 12.1. The third-order valence-electron chi connectivity index (χ3n) is 2.85. The lowest BCUT2D eigenvalue weighted by Gasteiger charge is -2.15. The molecule has 4 heteroatoms. The number of nitrogens with one attached hydrogen (secondary N) is 1. The number of carbonyl (C=O) groups is 1. The van der Waals surface area contributed by atoms with Crippen LogP contribution in [0.15, 0.2) is 22.7 Å². The van der Waals surface area contributed by atoms with Crippen molar-refractivity contribution in [2.75, 3.05) is 5.33 Å². The second-order valence-corrected chi connectivity index (χ2v) is 5.77. The van der Waals surface area contributed by atoms with Crippen LogP contribution in [0.2, 0.25) is 0 Å². The molecule has 86 valence electrons. The number of aryl methyl sites for hydroxylation is 1. The summed E-state index contributed by atoms with van der Waals surface area (Å²) in [6, 6.07) is 5.81. The normalized spacial score (nSPS) is 16.9. The fraction of sp³-hybridized carbons (Fsp3) is 0.417. The number of benzene rings is 1. The highest BCUT2D eigenvalue weighted by Crippen LogP contribution is 2.37. The second kappa shape index (κ2) is 4.49. The van der Waals surface area contributed by atoms with Crippen molar-refractivity contribution < 1.29 is 4.79 Å². The van der Waals surface area contributed by atoms with E-state index in [-0.39, 0.29) is 11.4 Å². The molecule has 1 saturated carbocycles. The van der Waals surface area contributed by atoms with Gasteiger partial charge in [0.05, 0.1) is 11.1 Å². The molecule has 1 aliphatic rings. The van der Waals surface area contributed by atoms with Crippen LogP contribution in [0.1, 0.15) is 28.8 Å². The van der Waals surface area contributed by atoms with E-state index in [0.29, 0.717) is 5.56 Å². The molecule has 1 N–H and O–H groups in total. The summed E-state index contributed by atoms with van der Waals surface area (Å²) < 4.78 is 0.848. The van der Waals surface area contributed by atoms with Gasteiger partial charge in [0.25, 0.3) is 5.91 Å². The summed E-state index contributed by atoms with van der Waals surface area (Å²) >= 11 is 6.85. The van der Waals surface area contributed by atoms with Gasteiger partial charge in [-0.25, -0.2) is 0 Å². The molecule has 1 aromatic carbocycles. The van der Waals surface area contributed by atoms with Crippen molar-refractivity contribution in [3.05, 3.63) is 33.8 Å². The van der Waals surface area contributed by atoms with Crippen LogP contribution in [-0.4, -0.2) is 16.8 Å². The van der Waals surface area contributed by atoms with Gasteiger partial charge >= 0.3 is 0 Å². The standard InChI is InChI=1S/C12H13Br2NO/c1-8-2-3-10(14)9(6-8)11(16)15-12(7-13)4-5-12/h2-3,6H,4-5,7H2,1H3,(H,15,16). The first kappa shape index (κ1) is 12.1. The minimum absolute atomic E-state index is 0.000267. The van der Waals surface area contributed by atoms with E-state index in [9.17, 15) is 4.79 Å². The highest BCUT2D eigenvalue weighted by Gasteiger charge is 2.43. The average molecular weight is 347 g/mol. The topological polar surface area (TPSA) is 29.1 Å². The van der Waals surface area contributed by atoms with E-state index < -0.39 is 0 Å². The Hall–Kier alpha value is -0.350. The zero-order valence-electron chi connectivity index (χ0n) is 9.02. The summed E-state index contributed by atoms with van der Waals surface area (Å²) in [6.45, 7) is 1.99. The summed E-state index contributed by atoms with van der Waals surface area (Å²) in [5.41, 5.74) is 1.81. The fourth-order valence-corrected chi connectivity index (χ4v) is 2.69. The number of rotatable bonds is 3. The molecule has 2 rings (SSSR count). The summed E-state index contributed by atoms with van der Waals surface area (Å²) in [4.78, 5) is 12.1. The third-order valence-corrected chi connectivity index (χ3v) is 4.62. The number of carbonyl (C=O) groups excluding carboxylic acids is 1. The number of hydrogen-bond donors (Lipinski definition) is 1. The van der Waals surface area contributed by atoms with Crippen molar-refractivity contribution in [1.82, 2.24) is 5.32 Å². The number of amides is 1. The monoisotopic (exact) mass is 345 g/mol. The van der Waals surface area contributed by atoms with E-state index in [0.717, 1.165) is 28.2 Å². The molecule has 0 saturated heterocycles. The molecular weight excluding hydrogens is 334 g/mol. The molecule has 0 aliphatic heterocycles. The van der Waals surface area contributed by atoms with Crippen molar-refractivity contribution in [3.63, 3.8) is 0 Å². The molecule has 0 atom stereocenters. The first-order valence-electron chi connectivity index (χ1n) is 5.21. The Labute approximate surface area is 112 Å². The van der Waals surface area contributed by atoms with Crippen molar-refractivity contribution in [2.45, 2.75) is 25.3 Å². The smallest absolute Gasteiger partial charge is 0.252 e. The van der Waals surface area contributed by atoms with Gasteiger partial charge in [0, 0.05) is 9.80 Å². The quantitative estimate of drug-likeness (QED) is 0.835. The highest BCUT2D eigenvalue weighted by molar-refractivity contribution is 9.10. The van der Waals surface area contributed by atoms with E-state index in [1.807, 2.05) is 25.1 Å². The van der Waals surface area contributed by atoms with Crippen LogP contribution in [0.25, 0.3) is 0 Å². The first-order valence-corrected chi connectivity index (χ1v) is 7.12. The van der Waals surface area contributed by atoms with Crippen molar-refractivity contribution in [3.8, 4) is 0 Å². The summed E-state index contributed by atoms with van der Waals surface area (Å²) in [7, 11) is 0. The van der Waals surface area contributed by atoms with E-state index in [4.69, 9.17) is 0 Å². The number of alkyl halides is 1. The molecule has 0 radical (unpaired) electrons. The Morgan fingerprint density at radius 2 is 2.19 bits per heavy atom. The van der Waals surface area contributed by atoms with Crippen LogP contribution in [0, 0.1) is 6.92 Å². The Bertz CT molecular complexity index is 427. The summed E-state index contributed by atoms with van der Waals surface area (Å²) in [6.07, 6.45) is 2.13. The lowest BCUT2D eigenvalue weighted by molar-refractivity contribution is 0.0935. The zero-order chi connectivity index (χ0) is 11.8. The third kappa shape index (κ3) is 2.48. The molecule has 1 aliphatic carbocycles. The highest BCUT2D eigenvalue weighted by atomic mass is 79.9. The SMILES string of the molecule is Cc1ccc(Br)c(C(=O)NC2(CBr)CC2)c1. The van der Waals surface area contributed by atoms with Crippen molar-refractivity contribution >= 4 is 37.8 Å². The van der Waals surface area contributed by atoms with Gasteiger partial charge in [0.1, 0.15) is 0 Å². The lowest BCUT2D eigenvalue weighted by atomic mass is 10.1. The number of halogens is 2. The maximum absolute atomic E-state index is 12.1. The van der Waals surface area contributed by atoms with Crippen molar-refractivity contribution in [1.29, 1.82) is 0 Å². The van der Waals surface area contributed by atoms with Crippen LogP contribution in [0.3, 0.4) is 0 Å². The number of hydrogen-bond acceptors (Lipinski definition) is 1. The molecule has 0 unspecified atom stereocenters. The van der Waals surface area contributed by atoms with Gasteiger partial charge in [-0.15, -0.1) is 0 Å².